The van der Waals surface area contributed by atoms with Crippen molar-refractivity contribution in [2.24, 2.45) is 17.3 Å². The first-order valence-corrected chi connectivity index (χ1v) is 7.00. The van der Waals surface area contributed by atoms with Crippen molar-refractivity contribution < 1.29 is 5.11 Å². The molecule has 2 heterocycles. The zero-order valence-electron chi connectivity index (χ0n) is 12.1. The molecule has 2 aromatic rings. The SMILES string of the molecule is C[C@H](O)C1CC(Cn2cnc3c(N)ncnc32)C1(C)C. The Morgan fingerprint density at radius 1 is 1.45 bits per heavy atom. The van der Waals surface area contributed by atoms with Crippen molar-refractivity contribution in [3.8, 4) is 0 Å². The molecule has 1 aliphatic rings. The van der Waals surface area contributed by atoms with Crippen LogP contribution >= 0.6 is 0 Å². The largest absolute Gasteiger partial charge is 0.393 e. The summed E-state index contributed by atoms with van der Waals surface area (Å²) in [6.07, 6.45) is 4.03. The van der Waals surface area contributed by atoms with Crippen LogP contribution in [0.1, 0.15) is 27.2 Å². The Kier molecular flexibility index (Phi) is 2.93. The van der Waals surface area contributed by atoms with Crippen LogP contribution in [-0.2, 0) is 6.54 Å². The van der Waals surface area contributed by atoms with Gasteiger partial charge in [0.05, 0.1) is 12.4 Å². The van der Waals surface area contributed by atoms with E-state index in [2.05, 4.69) is 28.8 Å². The highest BCUT2D eigenvalue weighted by molar-refractivity contribution is 5.81. The summed E-state index contributed by atoms with van der Waals surface area (Å²) < 4.78 is 2.04. The van der Waals surface area contributed by atoms with E-state index < -0.39 is 0 Å². The van der Waals surface area contributed by atoms with Gasteiger partial charge in [-0.15, -0.1) is 0 Å². The fourth-order valence-electron chi connectivity index (χ4n) is 3.45. The Balaban J connectivity index is 1.83. The smallest absolute Gasteiger partial charge is 0.165 e. The molecule has 1 saturated carbocycles. The van der Waals surface area contributed by atoms with Crippen LogP contribution in [-0.4, -0.2) is 30.7 Å². The zero-order valence-corrected chi connectivity index (χ0v) is 12.1. The van der Waals surface area contributed by atoms with Gasteiger partial charge in [0.2, 0.25) is 0 Å². The standard InChI is InChI=1S/C14H21N5O/c1-8(20)10-4-9(14(10,2)3)5-19-7-18-11-12(15)16-6-17-13(11)19/h6-10,20H,4-5H2,1-3H3,(H2,15,16,17)/t8-,9?,10?/m0/s1. The Hall–Kier alpha value is -1.69. The molecule has 3 rings (SSSR count). The van der Waals surface area contributed by atoms with Crippen molar-refractivity contribution in [3.63, 3.8) is 0 Å². The van der Waals surface area contributed by atoms with E-state index in [1.54, 1.807) is 6.33 Å². The average Bonchev–Trinajstić information content (AvgIpc) is 2.78. The third-order valence-electron chi connectivity index (χ3n) is 4.98. The van der Waals surface area contributed by atoms with Crippen LogP contribution in [0.15, 0.2) is 12.7 Å². The van der Waals surface area contributed by atoms with Crippen molar-refractivity contribution in [2.75, 3.05) is 5.73 Å². The maximum atomic E-state index is 9.80. The van der Waals surface area contributed by atoms with Crippen LogP contribution in [0.5, 0.6) is 0 Å². The van der Waals surface area contributed by atoms with Gasteiger partial charge in [0.15, 0.2) is 11.5 Å². The Morgan fingerprint density at radius 2 is 2.20 bits per heavy atom. The Bertz CT molecular complexity index is 634. The van der Waals surface area contributed by atoms with Gasteiger partial charge in [-0.05, 0) is 30.6 Å². The number of hydrogen-bond donors (Lipinski definition) is 2. The van der Waals surface area contributed by atoms with Gasteiger partial charge in [0.1, 0.15) is 11.8 Å². The highest BCUT2D eigenvalue weighted by atomic mass is 16.3. The van der Waals surface area contributed by atoms with Crippen molar-refractivity contribution in [1.82, 2.24) is 19.5 Å². The molecule has 3 atom stereocenters. The number of fused-ring (bicyclic) bond motifs is 1. The first-order valence-electron chi connectivity index (χ1n) is 7.00. The fraction of sp³-hybridized carbons (Fsp3) is 0.643. The molecular formula is C14H21N5O. The van der Waals surface area contributed by atoms with E-state index in [0.29, 0.717) is 23.2 Å². The highest BCUT2D eigenvalue weighted by Gasteiger charge is 2.49. The van der Waals surface area contributed by atoms with Crippen LogP contribution in [0.4, 0.5) is 5.82 Å². The zero-order chi connectivity index (χ0) is 14.5. The fourth-order valence-corrected chi connectivity index (χ4v) is 3.45. The normalized spacial score (nSPS) is 26.4. The summed E-state index contributed by atoms with van der Waals surface area (Å²) in [5.74, 6) is 1.29. The van der Waals surface area contributed by atoms with Crippen LogP contribution < -0.4 is 5.73 Å². The van der Waals surface area contributed by atoms with Crippen LogP contribution in [0, 0.1) is 17.3 Å². The molecule has 2 aromatic heterocycles. The second kappa shape index (κ2) is 4.41. The average molecular weight is 275 g/mol. The topological polar surface area (TPSA) is 89.8 Å². The predicted octanol–water partition coefficient (Wildman–Crippen LogP) is 1.45. The summed E-state index contributed by atoms with van der Waals surface area (Å²) in [7, 11) is 0. The van der Waals surface area contributed by atoms with Crippen molar-refractivity contribution in [1.29, 1.82) is 0 Å². The maximum absolute atomic E-state index is 9.80. The van der Waals surface area contributed by atoms with Gasteiger partial charge in [-0.25, -0.2) is 15.0 Å². The van der Waals surface area contributed by atoms with Crippen molar-refractivity contribution in [2.45, 2.75) is 39.8 Å². The summed E-state index contributed by atoms with van der Waals surface area (Å²) >= 11 is 0. The van der Waals surface area contributed by atoms with Gasteiger partial charge >= 0.3 is 0 Å². The molecule has 0 aliphatic heterocycles. The molecule has 2 unspecified atom stereocenters. The third kappa shape index (κ3) is 1.86. The van der Waals surface area contributed by atoms with E-state index in [4.69, 9.17) is 5.73 Å². The molecule has 20 heavy (non-hydrogen) atoms. The molecule has 3 N–H and O–H groups in total. The van der Waals surface area contributed by atoms with Crippen molar-refractivity contribution in [3.05, 3.63) is 12.7 Å². The molecule has 6 nitrogen and oxygen atoms in total. The minimum absolute atomic E-state index is 0.128. The number of hydrogen-bond acceptors (Lipinski definition) is 5. The minimum atomic E-state index is -0.251. The lowest BCUT2D eigenvalue weighted by molar-refractivity contribution is -0.0934. The van der Waals surface area contributed by atoms with Crippen LogP contribution in [0.2, 0.25) is 0 Å². The lowest BCUT2D eigenvalue weighted by Gasteiger charge is -2.53. The van der Waals surface area contributed by atoms with E-state index in [9.17, 15) is 5.11 Å². The van der Waals surface area contributed by atoms with Crippen LogP contribution in [0.3, 0.4) is 0 Å². The molecule has 0 amide bonds. The number of rotatable bonds is 3. The van der Waals surface area contributed by atoms with Gasteiger partial charge < -0.3 is 15.4 Å². The van der Waals surface area contributed by atoms with Gasteiger partial charge in [0.25, 0.3) is 0 Å². The highest BCUT2D eigenvalue weighted by Crippen LogP contribution is 2.53. The lowest BCUT2D eigenvalue weighted by Crippen LogP contribution is -2.51. The summed E-state index contributed by atoms with van der Waals surface area (Å²) in [5, 5.41) is 9.80. The molecule has 0 bridgehead atoms. The number of aliphatic hydroxyl groups is 1. The number of anilines is 1. The van der Waals surface area contributed by atoms with Gasteiger partial charge in [-0.3, -0.25) is 0 Å². The minimum Gasteiger partial charge on any atom is -0.393 e. The first-order chi connectivity index (χ1) is 9.41. The molecule has 6 heteroatoms. The van der Waals surface area contributed by atoms with E-state index >= 15 is 0 Å². The number of nitrogens with two attached hydrogens (primary N) is 1. The molecule has 0 radical (unpaired) electrons. The Morgan fingerprint density at radius 3 is 2.85 bits per heavy atom. The van der Waals surface area contributed by atoms with E-state index in [1.807, 2.05) is 11.5 Å². The summed E-state index contributed by atoms with van der Waals surface area (Å²) in [4.78, 5) is 12.5. The van der Waals surface area contributed by atoms with Crippen LogP contribution in [0.25, 0.3) is 11.2 Å². The van der Waals surface area contributed by atoms with E-state index in [1.165, 1.54) is 6.33 Å². The number of imidazole rings is 1. The lowest BCUT2D eigenvalue weighted by atomic mass is 9.53. The number of aromatic nitrogens is 4. The summed E-state index contributed by atoms with van der Waals surface area (Å²) in [5.41, 5.74) is 7.38. The molecule has 1 fully saturated rings. The molecule has 108 valence electrons. The first kappa shape index (κ1) is 13.3. The second-order valence-corrected chi connectivity index (χ2v) is 6.43. The number of nitrogen functional groups attached to an aromatic ring is 1. The molecule has 0 saturated heterocycles. The van der Waals surface area contributed by atoms with Gasteiger partial charge in [-0.2, -0.15) is 0 Å². The molecular weight excluding hydrogens is 254 g/mol. The van der Waals surface area contributed by atoms with E-state index in [0.717, 1.165) is 18.6 Å². The van der Waals surface area contributed by atoms with Crippen molar-refractivity contribution >= 4 is 17.0 Å². The predicted molar refractivity (Wildman–Crippen MR) is 76.8 cm³/mol. The summed E-state index contributed by atoms with van der Waals surface area (Å²) in [6, 6.07) is 0. The molecule has 1 aliphatic carbocycles. The summed E-state index contributed by atoms with van der Waals surface area (Å²) in [6.45, 7) is 7.17. The van der Waals surface area contributed by atoms with Gasteiger partial charge in [0, 0.05) is 6.54 Å². The quantitative estimate of drug-likeness (QED) is 0.885. The number of aliphatic hydroxyl groups excluding tert-OH is 1. The number of nitrogens with zero attached hydrogens (tertiary/aromatic N) is 4. The molecule has 0 spiro atoms. The third-order valence-corrected chi connectivity index (χ3v) is 4.98. The van der Waals surface area contributed by atoms with E-state index in [-0.39, 0.29) is 11.5 Å². The second-order valence-electron chi connectivity index (χ2n) is 6.43. The Labute approximate surface area is 118 Å². The molecule has 0 aromatic carbocycles. The monoisotopic (exact) mass is 275 g/mol. The maximum Gasteiger partial charge on any atom is 0.165 e. The van der Waals surface area contributed by atoms with Gasteiger partial charge in [-0.1, -0.05) is 13.8 Å².